The molecule has 0 atom stereocenters. The first-order valence-corrected chi connectivity index (χ1v) is 5.58. The summed E-state index contributed by atoms with van der Waals surface area (Å²) in [7, 11) is 1.91. The van der Waals surface area contributed by atoms with Crippen LogP contribution in [0, 0.1) is 6.92 Å². The number of aryl methyl sites for hydroxylation is 1. The van der Waals surface area contributed by atoms with Gasteiger partial charge < -0.3 is 10.3 Å². The minimum Gasteiger partial charge on any atom is -0.373 e. The molecule has 0 bridgehead atoms. The summed E-state index contributed by atoms with van der Waals surface area (Å²) in [5.74, 6) is 3.64. The minimum atomic E-state index is 0.598. The number of anilines is 1. The summed E-state index contributed by atoms with van der Waals surface area (Å²) in [4.78, 5) is 3.17. The first-order valence-electron chi connectivity index (χ1n) is 5.58. The van der Waals surface area contributed by atoms with Crippen LogP contribution in [-0.4, -0.2) is 26.8 Å². The van der Waals surface area contributed by atoms with Crippen LogP contribution in [0.25, 0.3) is 5.69 Å². The van der Waals surface area contributed by atoms with Gasteiger partial charge in [-0.1, -0.05) is 0 Å². The molecule has 3 rings (SSSR count). The molecular formula is C11H15N5. The predicted octanol–water partition coefficient (Wildman–Crippen LogP) is 1.82. The Balaban J connectivity index is 2.14. The fourth-order valence-corrected chi connectivity index (χ4v) is 2.03. The molecule has 0 spiro atoms. The van der Waals surface area contributed by atoms with E-state index in [2.05, 4.69) is 25.1 Å². The van der Waals surface area contributed by atoms with Crippen LogP contribution >= 0.6 is 0 Å². The van der Waals surface area contributed by atoms with Crippen molar-refractivity contribution in [3.05, 3.63) is 23.9 Å². The molecule has 2 heterocycles. The monoisotopic (exact) mass is 217 g/mol. The van der Waals surface area contributed by atoms with E-state index in [1.165, 1.54) is 12.8 Å². The summed E-state index contributed by atoms with van der Waals surface area (Å²) < 4.78 is 2.14. The van der Waals surface area contributed by atoms with Gasteiger partial charge in [0.1, 0.15) is 17.5 Å². The van der Waals surface area contributed by atoms with E-state index in [-0.39, 0.29) is 0 Å². The van der Waals surface area contributed by atoms with Gasteiger partial charge in [-0.05, 0) is 25.8 Å². The van der Waals surface area contributed by atoms with Crippen LogP contribution in [-0.2, 0) is 0 Å². The summed E-state index contributed by atoms with van der Waals surface area (Å²) in [6, 6.07) is 2.05. The second-order valence-electron chi connectivity index (χ2n) is 4.20. The summed E-state index contributed by atoms with van der Waals surface area (Å²) in [5.41, 5.74) is 1.10. The number of hydrogen-bond acceptors (Lipinski definition) is 3. The molecule has 2 N–H and O–H groups in total. The molecule has 0 aliphatic heterocycles. The van der Waals surface area contributed by atoms with Crippen LogP contribution < -0.4 is 5.32 Å². The lowest BCUT2D eigenvalue weighted by Gasteiger charge is -2.08. The van der Waals surface area contributed by atoms with Gasteiger partial charge in [0.2, 0.25) is 0 Å². The zero-order chi connectivity index (χ0) is 11.1. The maximum atomic E-state index is 4.28. The van der Waals surface area contributed by atoms with Gasteiger partial charge in [-0.25, -0.2) is 0 Å². The van der Waals surface area contributed by atoms with Crippen molar-refractivity contribution >= 4 is 5.82 Å². The summed E-state index contributed by atoms with van der Waals surface area (Å²) >= 11 is 0. The number of hydrogen-bond donors (Lipinski definition) is 2. The third-order valence-electron chi connectivity index (χ3n) is 3.01. The van der Waals surface area contributed by atoms with E-state index in [0.717, 1.165) is 23.2 Å². The van der Waals surface area contributed by atoms with Crippen LogP contribution in [0.1, 0.15) is 30.4 Å². The fourth-order valence-electron chi connectivity index (χ4n) is 2.03. The third kappa shape index (κ3) is 1.31. The summed E-state index contributed by atoms with van der Waals surface area (Å²) in [6.07, 6.45) is 4.40. The molecule has 1 aliphatic carbocycles. The van der Waals surface area contributed by atoms with Crippen molar-refractivity contribution in [1.29, 1.82) is 0 Å². The molecule has 5 nitrogen and oxygen atoms in total. The molecule has 2 aromatic heterocycles. The second kappa shape index (κ2) is 3.37. The average molecular weight is 217 g/mol. The van der Waals surface area contributed by atoms with Gasteiger partial charge in [-0.15, -0.1) is 10.2 Å². The minimum absolute atomic E-state index is 0.598. The highest BCUT2D eigenvalue weighted by Gasteiger charge is 2.30. The van der Waals surface area contributed by atoms with Crippen LogP contribution in [0.5, 0.6) is 0 Å². The van der Waals surface area contributed by atoms with E-state index in [0.29, 0.717) is 5.92 Å². The maximum absolute atomic E-state index is 4.28. The topological polar surface area (TPSA) is 58.5 Å². The quantitative estimate of drug-likeness (QED) is 0.824. The lowest BCUT2D eigenvalue weighted by molar-refractivity contribution is 0.862. The number of aromatic amines is 1. The number of rotatable bonds is 3. The summed E-state index contributed by atoms with van der Waals surface area (Å²) in [5, 5.41) is 11.6. The second-order valence-corrected chi connectivity index (χ2v) is 4.20. The zero-order valence-electron chi connectivity index (χ0n) is 9.49. The van der Waals surface area contributed by atoms with E-state index in [1.807, 2.05) is 26.2 Å². The number of nitrogens with one attached hydrogen (secondary N) is 2. The lowest BCUT2D eigenvalue weighted by Crippen LogP contribution is -2.04. The van der Waals surface area contributed by atoms with E-state index >= 15 is 0 Å². The summed E-state index contributed by atoms with van der Waals surface area (Å²) in [6.45, 7) is 1.99. The van der Waals surface area contributed by atoms with Crippen LogP contribution in [0.2, 0.25) is 0 Å². The molecule has 2 aromatic rings. The van der Waals surface area contributed by atoms with Gasteiger partial charge in [0, 0.05) is 19.2 Å². The van der Waals surface area contributed by atoms with Gasteiger partial charge in [0.15, 0.2) is 0 Å². The highest BCUT2D eigenvalue weighted by molar-refractivity contribution is 5.57. The van der Waals surface area contributed by atoms with E-state index in [9.17, 15) is 0 Å². The van der Waals surface area contributed by atoms with Gasteiger partial charge in [0.05, 0.1) is 5.69 Å². The molecule has 0 unspecified atom stereocenters. The Hall–Kier alpha value is -1.78. The Labute approximate surface area is 93.9 Å². The van der Waals surface area contributed by atoms with Gasteiger partial charge in [-0.3, -0.25) is 4.57 Å². The van der Waals surface area contributed by atoms with Gasteiger partial charge in [-0.2, -0.15) is 0 Å². The van der Waals surface area contributed by atoms with E-state index in [1.54, 1.807) is 0 Å². The molecule has 1 fully saturated rings. The lowest BCUT2D eigenvalue weighted by atomic mass is 10.3. The van der Waals surface area contributed by atoms with Crippen molar-refractivity contribution in [2.75, 3.05) is 12.4 Å². The van der Waals surface area contributed by atoms with Crippen molar-refractivity contribution in [1.82, 2.24) is 19.7 Å². The Morgan fingerprint density at radius 3 is 2.94 bits per heavy atom. The molecule has 84 valence electrons. The molecule has 16 heavy (non-hydrogen) atoms. The highest BCUT2D eigenvalue weighted by atomic mass is 15.3. The third-order valence-corrected chi connectivity index (χ3v) is 3.01. The Morgan fingerprint density at radius 1 is 1.44 bits per heavy atom. The van der Waals surface area contributed by atoms with E-state index in [4.69, 9.17) is 0 Å². The van der Waals surface area contributed by atoms with Crippen LogP contribution in [0.4, 0.5) is 5.82 Å². The van der Waals surface area contributed by atoms with Crippen molar-refractivity contribution < 1.29 is 0 Å². The maximum Gasteiger partial charge on any atom is 0.140 e. The molecule has 0 aromatic carbocycles. The highest BCUT2D eigenvalue weighted by Crippen LogP contribution is 2.40. The van der Waals surface area contributed by atoms with Gasteiger partial charge >= 0.3 is 0 Å². The van der Waals surface area contributed by atoms with Crippen LogP contribution in [0.15, 0.2) is 12.3 Å². The predicted molar refractivity (Wildman–Crippen MR) is 62.0 cm³/mol. The standard InChI is InChI=1S/C11H15N5/c1-7-14-15-11(8-3-4-8)16(7)9-5-6-13-10(9)12-2/h5-6,8,12-13H,3-4H2,1-2H3. The Morgan fingerprint density at radius 2 is 2.25 bits per heavy atom. The fraction of sp³-hybridized carbons (Fsp3) is 0.455. The molecular weight excluding hydrogens is 202 g/mol. The van der Waals surface area contributed by atoms with Crippen molar-refractivity contribution in [3.63, 3.8) is 0 Å². The van der Waals surface area contributed by atoms with Crippen molar-refractivity contribution in [3.8, 4) is 5.69 Å². The molecule has 1 saturated carbocycles. The number of nitrogens with zero attached hydrogens (tertiary/aromatic N) is 3. The normalized spacial score (nSPS) is 15.4. The smallest absolute Gasteiger partial charge is 0.140 e. The van der Waals surface area contributed by atoms with Crippen LogP contribution in [0.3, 0.4) is 0 Å². The Kier molecular flexibility index (Phi) is 1.99. The zero-order valence-corrected chi connectivity index (χ0v) is 9.49. The van der Waals surface area contributed by atoms with Gasteiger partial charge in [0.25, 0.3) is 0 Å². The van der Waals surface area contributed by atoms with Crippen molar-refractivity contribution in [2.24, 2.45) is 0 Å². The van der Waals surface area contributed by atoms with Crippen molar-refractivity contribution in [2.45, 2.75) is 25.7 Å². The molecule has 0 saturated heterocycles. The largest absolute Gasteiger partial charge is 0.373 e. The average Bonchev–Trinajstić information content (AvgIpc) is 2.90. The molecule has 0 amide bonds. The molecule has 1 aliphatic rings. The number of H-pyrrole nitrogens is 1. The first-order chi connectivity index (χ1) is 7.81. The first kappa shape index (κ1) is 9.45. The number of aromatic nitrogens is 4. The molecule has 5 heteroatoms. The Bertz CT molecular complexity index is 506. The van der Waals surface area contributed by atoms with E-state index < -0.39 is 0 Å². The SMILES string of the molecule is CNc1[nH]ccc1-n1c(C)nnc1C1CC1. The molecule has 0 radical (unpaired) electrons.